The summed E-state index contributed by atoms with van der Waals surface area (Å²) in [4.78, 5) is 12.5. The van der Waals surface area contributed by atoms with Gasteiger partial charge in [0.05, 0.1) is 16.5 Å². The maximum absolute atomic E-state index is 12.8. The van der Waals surface area contributed by atoms with Crippen LogP contribution in [-0.2, 0) is 10.0 Å². The van der Waals surface area contributed by atoms with Gasteiger partial charge in [-0.1, -0.05) is 37.6 Å². The molecule has 0 unspecified atom stereocenters. The topological polar surface area (TPSA) is 75.7 Å². The minimum absolute atomic E-state index is 0.193. The molecule has 0 aliphatic heterocycles. The summed E-state index contributed by atoms with van der Waals surface area (Å²) in [5.41, 5.74) is 0.388. The molecule has 6 nitrogen and oxygen atoms in total. The van der Waals surface area contributed by atoms with E-state index in [1.807, 2.05) is 26.0 Å². The van der Waals surface area contributed by atoms with Crippen LogP contribution in [0, 0.1) is 0 Å². The standard InChI is InChI=1S/C21H27ClN2O4S/c1-3-14-24(15-4-2)29(26,27)18-11-9-17(10-12-18)21(25)23-13-16-28-20-8-6-5-7-19(20)22/h5-12H,3-4,13-16H2,1-2H3,(H,23,25). The van der Waals surface area contributed by atoms with Crippen molar-refractivity contribution in [3.63, 3.8) is 0 Å². The summed E-state index contributed by atoms with van der Waals surface area (Å²) in [7, 11) is -3.55. The number of para-hydroxylation sites is 1. The second kappa shape index (κ2) is 11.2. The van der Waals surface area contributed by atoms with Crippen LogP contribution >= 0.6 is 11.6 Å². The number of halogens is 1. The molecule has 158 valence electrons. The van der Waals surface area contributed by atoms with Crippen molar-refractivity contribution in [2.75, 3.05) is 26.2 Å². The van der Waals surface area contributed by atoms with Crippen molar-refractivity contribution in [1.29, 1.82) is 0 Å². The molecule has 0 bridgehead atoms. The lowest BCUT2D eigenvalue weighted by atomic mass is 10.2. The van der Waals surface area contributed by atoms with E-state index in [1.165, 1.54) is 28.6 Å². The van der Waals surface area contributed by atoms with Gasteiger partial charge in [0.1, 0.15) is 12.4 Å². The summed E-state index contributed by atoms with van der Waals surface area (Å²) in [6.45, 7) is 5.41. The molecule has 8 heteroatoms. The van der Waals surface area contributed by atoms with Gasteiger partial charge in [0.2, 0.25) is 10.0 Å². The molecule has 0 aromatic heterocycles. The number of carbonyl (C=O) groups is 1. The zero-order chi connectivity index (χ0) is 21.3. The Morgan fingerprint density at radius 3 is 2.24 bits per heavy atom. The second-order valence-corrected chi connectivity index (χ2v) is 8.81. The Bertz CT molecular complexity index is 895. The fraction of sp³-hybridized carbons (Fsp3) is 0.381. The van der Waals surface area contributed by atoms with Crippen molar-refractivity contribution in [2.24, 2.45) is 0 Å². The van der Waals surface area contributed by atoms with Crippen molar-refractivity contribution in [2.45, 2.75) is 31.6 Å². The van der Waals surface area contributed by atoms with Gasteiger partial charge in [0.25, 0.3) is 5.91 Å². The van der Waals surface area contributed by atoms with Gasteiger partial charge in [-0.25, -0.2) is 8.42 Å². The van der Waals surface area contributed by atoms with Gasteiger partial charge < -0.3 is 10.1 Å². The lowest BCUT2D eigenvalue weighted by molar-refractivity contribution is 0.0947. The molecule has 2 aromatic rings. The highest BCUT2D eigenvalue weighted by atomic mass is 35.5. The first-order valence-corrected chi connectivity index (χ1v) is 11.5. The van der Waals surface area contributed by atoms with Crippen LogP contribution in [0.4, 0.5) is 0 Å². The normalized spacial score (nSPS) is 11.4. The first kappa shape index (κ1) is 23.2. The molecule has 2 aromatic carbocycles. The van der Waals surface area contributed by atoms with E-state index in [0.717, 1.165) is 12.8 Å². The number of nitrogens with one attached hydrogen (secondary N) is 1. The predicted octanol–water partition coefficient (Wildman–Crippen LogP) is 3.96. The average molecular weight is 439 g/mol. The van der Waals surface area contributed by atoms with Gasteiger partial charge >= 0.3 is 0 Å². The van der Waals surface area contributed by atoms with E-state index in [4.69, 9.17) is 16.3 Å². The van der Waals surface area contributed by atoms with Gasteiger partial charge in [-0.2, -0.15) is 4.31 Å². The van der Waals surface area contributed by atoms with E-state index >= 15 is 0 Å². The molecule has 2 rings (SSSR count). The minimum atomic E-state index is -3.55. The summed E-state index contributed by atoms with van der Waals surface area (Å²) in [6.07, 6.45) is 1.49. The number of sulfonamides is 1. The Kier molecular flexibility index (Phi) is 8.95. The van der Waals surface area contributed by atoms with Gasteiger partial charge in [-0.15, -0.1) is 0 Å². The minimum Gasteiger partial charge on any atom is -0.490 e. The Morgan fingerprint density at radius 1 is 1.03 bits per heavy atom. The third-order valence-electron chi connectivity index (χ3n) is 4.18. The summed E-state index contributed by atoms with van der Waals surface area (Å²) in [6, 6.07) is 13.1. The van der Waals surface area contributed by atoms with Crippen LogP contribution < -0.4 is 10.1 Å². The van der Waals surface area contributed by atoms with Gasteiger partial charge in [-0.3, -0.25) is 4.79 Å². The second-order valence-electron chi connectivity index (χ2n) is 6.46. The maximum atomic E-state index is 12.8. The molecule has 0 radical (unpaired) electrons. The highest BCUT2D eigenvalue weighted by molar-refractivity contribution is 7.89. The van der Waals surface area contributed by atoms with E-state index in [0.29, 0.717) is 36.0 Å². The number of amides is 1. The quantitative estimate of drug-likeness (QED) is 0.539. The van der Waals surface area contributed by atoms with Gasteiger partial charge in [0.15, 0.2) is 0 Å². The summed E-state index contributed by atoms with van der Waals surface area (Å²) >= 11 is 6.01. The molecule has 1 N–H and O–H groups in total. The number of ether oxygens (including phenoxy) is 1. The zero-order valence-corrected chi connectivity index (χ0v) is 18.3. The summed E-state index contributed by atoms with van der Waals surface area (Å²) < 4.78 is 32.5. The maximum Gasteiger partial charge on any atom is 0.251 e. The molecule has 0 fully saturated rings. The van der Waals surface area contributed by atoms with Crippen molar-refractivity contribution in [3.05, 3.63) is 59.1 Å². The number of carbonyl (C=O) groups excluding carboxylic acids is 1. The third-order valence-corrected chi connectivity index (χ3v) is 6.41. The van der Waals surface area contributed by atoms with Crippen LogP contribution in [-0.4, -0.2) is 44.9 Å². The molecule has 29 heavy (non-hydrogen) atoms. The van der Waals surface area contributed by atoms with Crippen molar-refractivity contribution >= 4 is 27.5 Å². The van der Waals surface area contributed by atoms with Gasteiger partial charge in [-0.05, 0) is 49.2 Å². The molecule has 0 saturated heterocycles. The lowest BCUT2D eigenvalue weighted by Crippen LogP contribution is -2.32. The van der Waals surface area contributed by atoms with Crippen LogP contribution in [0.5, 0.6) is 5.75 Å². The third kappa shape index (κ3) is 6.45. The van der Waals surface area contributed by atoms with E-state index < -0.39 is 10.0 Å². The fourth-order valence-electron chi connectivity index (χ4n) is 2.77. The molecular formula is C21H27ClN2O4S. The number of benzene rings is 2. The average Bonchev–Trinajstić information content (AvgIpc) is 2.72. The molecule has 0 atom stereocenters. The first-order valence-electron chi connectivity index (χ1n) is 9.65. The number of hydrogen-bond donors (Lipinski definition) is 1. The van der Waals surface area contributed by atoms with E-state index in [2.05, 4.69) is 5.32 Å². The van der Waals surface area contributed by atoms with Crippen molar-refractivity contribution in [1.82, 2.24) is 9.62 Å². The van der Waals surface area contributed by atoms with E-state index in [1.54, 1.807) is 12.1 Å². The van der Waals surface area contributed by atoms with Crippen LogP contribution in [0.25, 0.3) is 0 Å². The smallest absolute Gasteiger partial charge is 0.251 e. The molecule has 0 aliphatic carbocycles. The Morgan fingerprint density at radius 2 is 1.66 bits per heavy atom. The largest absolute Gasteiger partial charge is 0.490 e. The number of hydrogen-bond acceptors (Lipinski definition) is 4. The summed E-state index contributed by atoms with van der Waals surface area (Å²) in [5.74, 6) is 0.261. The number of rotatable bonds is 11. The zero-order valence-electron chi connectivity index (χ0n) is 16.7. The number of nitrogens with zero attached hydrogens (tertiary/aromatic N) is 1. The molecule has 0 heterocycles. The molecule has 0 aliphatic rings. The molecule has 0 spiro atoms. The lowest BCUT2D eigenvalue weighted by Gasteiger charge is -2.21. The van der Waals surface area contributed by atoms with Crippen molar-refractivity contribution < 1.29 is 17.9 Å². The predicted molar refractivity (Wildman–Crippen MR) is 115 cm³/mol. The highest BCUT2D eigenvalue weighted by Crippen LogP contribution is 2.22. The van der Waals surface area contributed by atoms with Crippen LogP contribution in [0.15, 0.2) is 53.4 Å². The fourth-order valence-corrected chi connectivity index (χ4v) is 4.58. The molecule has 0 saturated carbocycles. The SMILES string of the molecule is CCCN(CCC)S(=O)(=O)c1ccc(C(=O)NCCOc2ccccc2Cl)cc1. The monoisotopic (exact) mass is 438 g/mol. The Hall–Kier alpha value is -2.09. The summed E-state index contributed by atoms with van der Waals surface area (Å²) in [5, 5.41) is 3.25. The van der Waals surface area contributed by atoms with E-state index in [-0.39, 0.29) is 17.4 Å². The van der Waals surface area contributed by atoms with Crippen LogP contribution in [0.1, 0.15) is 37.0 Å². The highest BCUT2D eigenvalue weighted by Gasteiger charge is 2.23. The molecular weight excluding hydrogens is 412 g/mol. The van der Waals surface area contributed by atoms with Gasteiger partial charge in [0, 0.05) is 18.7 Å². The van der Waals surface area contributed by atoms with Crippen molar-refractivity contribution in [3.8, 4) is 5.75 Å². The Labute approximate surface area is 177 Å². The van der Waals surface area contributed by atoms with Crippen LogP contribution in [0.3, 0.4) is 0 Å². The Balaban J connectivity index is 1.93. The van der Waals surface area contributed by atoms with E-state index in [9.17, 15) is 13.2 Å². The molecule has 1 amide bonds. The van der Waals surface area contributed by atoms with Crippen LogP contribution in [0.2, 0.25) is 5.02 Å². The first-order chi connectivity index (χ1) is 13.9.